The van der Waals surface area contributed by atoms with Crippen molar-refractivity contribution < 1.29 is 14.4 Å². The van der Waals surface area contributed by atoms with Crippen LogP contribution >= 0.6 is 34.8 Å². The zero-order valence-corrected chi connectivity index (χ0v) is 15.0. The summed E-state index contributed by atoms with van der Waals surface area (Å²) in [6, 6.07) is 9.06. The van der Waals surface area contributed by atoms with Gasteiger partial charge in [-0.3, -0.25) is 19.3 Å². The van der Waals surface area contributed by atoms with Gasteiger partial charge in [-0.1, -0.05) is 34.8 Å². The highest BCUT2D eigenvalue weighted by Gasteiger charge is 2.30. The van der Waals surface area contributed by atoms with Crippen molar-refractivity contribution in [2.75, 3.05) is 10.2 Å². The smallest absolute Gasteiger partial charge is 0.257 e. The number of hydrogen-bond acceptors (Lipinski definition) is 3. The van der Waals surface area contributed by atoms with E-state index in [1.54, 1.807) is 12.1 Å². The maximum absolute atomic E-state index is 12.3. The third kappa shape index (κ3) is 3.63. The quantitative estimate of drug-likeness (QED) is 0.773. The number of anilines is 2. The van der Waals surface area contributed by atoms with Crippen LogP contribution in [0.15, 0.2) is 36.4 Å². The highest BCUT2D eigenvalue weighted by atomic mass is 35.5. The summed E-state index contributed by atoms with van der Waals surface area (Å²) >= 11 is 18.0. The number of carbonyl (C=O) groups excluding carboxylic acids is 3. The van der Waals surface area contributed by atoms with Gasteiger partial charge < -0.3 is 5.32 Å². The molecule has 0 aliphatic carbocycles. The lowest BCUT2D eigenvalue weighted by Gasteiger charge is -2.16. The fourth-order valence-electron chi connectivity index (χ4n) is 2.47. The van der Waals surface area contributed by atoms with Crippen LogP contribution in [-0.2, 0) is 9.59 Å². The molecular formula is C17H11Cl3N2O3. The van der Waals surface area contributed by atoms with Crippen LogP contribution in [0.25, 0.3) is 0 Å². The summed E-state index contributed by atoms with van der Waals surface area (Å²) in [5, 5.41) is 3.47. The van der Waals surface area contributed by atoms with E-state index in [2.05, 4.69) is 5.32 Å². The van der Waals surface area contributed by atoms with Crippen LogP contribution in [0.1, 0.15) is 23.2 Å². The van der Waals surface area contributed by atoms with E-state index < -0.39 is 5.91 Å². The Balaban J connectivity index is 1.83. The number of benzene rings is 2. The second-order valence-electron chi connectivity index (χ2n) is 5.37. The molecule has 0 saturated carbocycles. The number of imide groups is 1. The largest absolute Gasteiger partial charge is 0.321 e. The number of nitrogens with zero attached hydrogens (tertiary/aromatic N) is 1. The predicted octanol–water partition coefficient (Wildman–Crippen LogP) is 4.55. The van der Waals surface area contributed by atoms with Crippen LogP contribution in [0.3, 0.4) is 0 Å². The van der Waals surface area contributed by atoms with Crippen molar-refractivity contribution in [2.45, 2.75) is 12.8 Å². The van der Waals surface area contributed by atoms with Crippen LogP contribution in [0.2, 0.25) is 15.1 Å². The molecule has 0 aromatic heterocycles. The topological polar surface area (TPSA) is 66.5 Å². The van der Waals surface area contributed by atoms with Crippen molar-refractivity contribution in [1.29, 1.82) is 0 Å². The van der Waals surface area contributed by atoms with E-state index in [9.17, 15) is 14.4 Å². The highest BCUT2D eigenvalue weighted by molar-refractivity contribution is 6.38. The molecule has 0 unspecified atom stereocenters. The average molecular weight is 398 g/mol. The van der Waals surface area contributed by atoms with E-state index in [4.69, 9.17) is 34.8 Å². The summed E-state index contributed by atoms with van der Waals surface area (Å²) in [6.07, 6.45) is 0.369. The minimum atomic E-state index is -0.454. The number of hydrogen-bond donors (Lipinski definition) is 1. The van der Waals surface area contributed by atoms with Crippen molar-refractivity contribution in [3.05, 3.63) is 57.0 Å². The Hall–Kier alpha value is -2.08. The predicted molar refractivity (Wildman–Crippen MR) is 97.6 cm³/mol. The third-order valence-corrected chi connectivity index (χ3v) is 4.55. The van der Waals surface area contributed by atoms with Crippen molar-refractivity contribution in [3.8, 4) is 0 Å². The van der Waals surface area contributed by atoms with Crippen LogP contribution in [0.5, 0.6) is 0 Å². The van der Waals surface area contributed by atoms with Crippen molar-refractivity contribution in [2.24, 2.45) is 0 Å². The number of nitrogens with one attached hydrogen (secondary N) is 1. The van der Waals surface area contributed by atoms with Gasteiger partial charge in [-0.05, 0) is 36.4 Å². The summed E-state index contributed by atoms with van der Waals surface area (Å²) in [5.41, 5.74) is 0.955. The van der Waals surface area contributed by atoms with Gasteiger partial charge in [0.05, 0.1) is 27.0 Å². The minimum Gasteiger partial charge on any atom is -0.321 e. The molecule has 1 aliphatic rings. The van der Waals surface area contributed by atoms with Gasteiger partial charge >= 0.3 is 0 Å². The van der Waals surface area contributed by atoms with E-state index in [-0.39, 0.29) is 40.3 Å². The SMILES string of the molecule is O=C(Nc1ccc(N2C(=O)CCC2=O)cc1Cl)c1ccc(Cl)cc1Cl. The third-order valence-electron chi connectivity index (χ3n) is 3.69. The van der Waals surface area contributed by atoms with Gasteiger partial charge in [0, 0.05) is 17.9 Å². The molecule has 128 valence electrons. The fraction of sp³-hybridized carbons (Fsp3) is 0.118. The van der Waals surface area contributed by atoms with E-state index in [0.717, 1.165) is 4.90 Å². The first-order valence-corrected chi connectivity index (χ1v) is 8.42. The first-order chi connectivity index (χ1) is 11.9. The molecule has 5 nitrogen and oxygen atoms in total. The molecule has 2 aromatic carbocycles. The van der Waals surface area contributed by atoms with Gasteiger partial charge in [0.2, 0.25) is 11.8 Å². The molecule has 1 heterocycles. The standard InChI is InChI=1S/C17H11Cl3N2O3/c18-9-1-3-11(12(19)7-9)17(25)21-14-4-2-10(8-13(14)20)22-15(23)5-6-16(22)24/h1-4,7-8H,5-6H2,(H,21,25). The van der Waals surface area contributed by atoms with Crippen LogP contribution < -0.4 is 10.2 Å². The van der Waals surface area contributed by atoms with E-state index in [1.165, 1.54) is 24.3 Å². The first kappa shape index (κ1) is 17.7. The van der Waals surface area contributed by atoms with Gasteiger partial charge in [-0.2, -0.15) is 0 Å². The molecule has 0 atom stereocenters. The Morgan fingerprint density at radius 2 is 1.60 bits per heavy atom. The Bertz CT molecular complexity index is 883. The van der Waals surface area contributed by atoms with E-state index in [1.807, 2.05) is 0 Å². The maximum Gasteiger partial charge on any atom is 0.257 e. The van der Waals surface area contributed by atoms with Gasteiger partial charge in [-0.15, -0.1) is 0 Å². The number of rotatable bonds is 3. The molecule has 0 radical (unpaired) electrons. The normalized spacial score (nSPS) is 14.1. The Morgan fingerprint density at radius 3 is 2.20 bits per heavy atom. The average Bonchev–Trinajstić information content (AvgIpc) is 2.88. The second kappa shape index (κ2) is 7.04. The Labute approximate surface area is 158 Å². The van der Waals surface area contributed by atoms with Crippen molar-refractivity contribution in [3.63, 3.8) is 0 Å². The van der Waals surface area contributed by atoms with E-state index in [0.29, 0.717) is 16.4 Å². The molecule has 25 heavy (non-hydrogen) atoms. The lowest BCUT2D eigenvalue weighted by atomic mass is 10.2. The minimum absolute atomic E-state index is 0.185. The number of carbonyl (C=O) groups is 3. The van der Waals surface area contributed by atoms with Crippen molar-refractivity contribution >= 4 is 63.9 Å². The van der Waals surface area contributed by atoms with Crippen LogP contribution in [0, 0.1) is 0 Å². The van der Waals surface area contributed by atoms with Gasteiger partial charge in [0.25, 0.3) is 5.91 Å². The van der Waals surface area contributed by atoms with Gasteiger partial charge in [-0.25, -0.2) is 0 Å². The summed E-state index contributed by atoms with van der Waals surface area (Å²) in [4.78, 5) is 37.0. The maximum atomic E-state index is 12.3. The van der Waals surface area contributed by atoms with Crippen LogP contribution in [0.4, 0.5) is 11.4 Å². The second-order valence-corrected chi connectivity index (χ2v) is 6.62. The Morgan fingerprint density at radius 1 is 0.920 bits per heavy atom. The highest BCUT2D eigenvalue weighted by Crippen LogP contribution is 2.31. The summed E-state index contributed by atoms with van der Waals surface area (Å²) in [6.45, 7) is 0. The molecule has 0 bridgehead atoms. The lowest BCUT2D eigenvalue weighted by Crippen LogP contribution is -2.28. The molecule has 3 amide bonds. The van der Waals surface area contributed by atoms with Crippen LogP contribution in [-0.4, -0.2) is 17.7 Å². The molecule has 3 rings (SSSR count). The number of halogens is 3. The number of amides is 3. The summed E-state index contributed by atoms with van der Waals surface area (Å²) in [7, 11) is 0. The molecule has 8 heteroatoms. The molecule has 2 aromatic rings. The molecule has 1 fully saturated rings. The molecule has 0 spiro atoms. The summed E-state index contributed by atoms with van der Waals surface area (Å²) in [5.74, 6) is -0.999. The Kier molecular flexibility index (Phi) is 4.99. The van der Waals surface area contributed by atoms with Crippen molar-refractivity contribution in [1.82, 2.24) is 0 Å². The zero-order valence-electron chi connectivity index (χ0n) is 12.7. The molecule has 1 saturated heterocycles. The summed E-state index contributed by atoms with van der Waals surface area (Å²) < 4.78 is 0. The monoisotopic (exact) mass is 396 g/mol. The van der Waals surface area contributed by atoms with Gasteiger partial charge in [0.1, 0.15) is 0 Å². The fourth-order valence-corrected chi connectivity index (χ4v) is 3.19. The van der Waals surface area contributed by atoms with E-state index >= 15 is 0 Å². The molecule has 1 N–H and O–H groups in total. The lowest BCUT2D eigenvalue weighted by molar-refractivity contribution is -0.121. The zero-order chi connectivity index (χ0) is 18.1. The first-order valence-electron chi connectivity index (χ1n) is 7.28. The molecular weight excluding hydrogens is 387 g/mol. The molecule has 1 aliphatic heterocycles. The van der Waals surface area contributed by atoms with Gasteiger partial charge in [0.15, 0.2) is 0 Å².